The Bertz CT molecular complexity index is 670. The Morgan fingerprint density at radius 3 is 2.81 bits per heavy atom. The highest BCUT2D eigenvalue weighted by Gasteiger charge is 2.20. The number of carbonyl (C=O) groups excluding carboxylic acids is 1. The van der Waals surface area contributed by atoms with Crippen molar-refractivity contribution in [3.8, 4) is 0 Å². The van der Waals surface area contributed by atoms with Crippen LogP contribution in [0.15, 0.2) is 24.3 Å². The second-order valence-corrected chi connectivity index (χ2v) is 5.49. The highest BCUT2D eigenvalue weighted by molar-refractivity contribution is 7.20. The molecule has 7 heteroatoms. The Morgan fingerprint density at radius 2 is 2.14 bits per heavy atom. The number of ether oxygens (including phenoxy) is 1. The van der Waals surface area contributed by atoms with E-state index in [2.05, 4.69) is 0 Å². The average molecular weight is 311 g/mol. The maximum Gasteiger partial charge on any atom is 0.323 e. The Kier molecular flexibility index (Phi) is 4.87. The van der Waals surface area contributed by atoms with Crippen LogP contribution in [0.1, 0.15) is 9.67 Å². The van der Waals surface area contributed by atoms with E-state index in [-0.39, 0.29) is 19.0 Å². The van der Waals surface area contributed by atoms with Crippen LogP contribution < -0.4 is 0 Å². The molecule has 0 radical (unpaired) electrons. The predicted molar refractivity (Wildman–Crippen MR) is 77.2 cm³/mol. The van der Waals surface area contributed by atoms with Gasteiger partial charge in [-0.2, -0.15) is 0 Å². The second-order valence-electron chi connectivity index (χ2n) is 4.41. The summed E-state index contributed by atoms with van der Waals surface area (Å²) in [6.45, 7) is 0.0353. The minimum Gasteiger partial charge on any atom is -0.480 e. The molecule has 112 valence electrons. The minimum absolute atomic E-state index is 0.185. The van der Waals surface area contributed by atoms with Gasteiger partial charge in [0.05, 0.1) is 11.5 Å². The molecule has 1 aromatic carbocycles. The molecule has 1 N–H and O–H groups in total. The Labute approximate surface area is 124 Å². The lowest BCUT2D eigenvalue weighted by Gasteiger charge is -2.19. The van der Waals surface area contributed by atoms with Gasteiger partial charge in [-0.05, 0) is 29.7 Å². The van der Waals surface area contributed by atoms with Crippen molar-refractivity contribution in [1.29, 1.82) is 0 Å². The molecule has 1 amide bonds. The third kappa shape index (κ3) is 3.77. The molecule has 2 aromatic rings. The summed E-state index contributed by atoms with van der Waals surface area (Å²) < 4.78 is 18.8. The lowest BCUT2D eigenvalue weighted by Crippen LogP contribution is -2.37. The zero-order valence-electron chi connectivity index (χ0n) is 11.3. The maximum atomic E-state index is 13.2. The molecule has 0 bridgehead atoms. The van der Waals surface area contributed by atoms with Gasteiger partial charge < -0.3 is 14.7 Å². The van der Waals surface area contributed by atoms with Gasteiger partial charge in [0.1, 0.15) is 12.4 Å². The van der Waals surface area contributed by atoms with Crippen molar-refractivity contribution in [3.63, 3.8) is 0 Å². The number of amides is 1. The van der Waals surface area contributed by atoms with Gasteiger partial charge in [0.15, 0.2) is 0 Å². The number of halogens is 1. The molecule has 0 aliphatic carbocycles. The first-order chi connectivity index (χ1) is 10.0. The number of nitrogens with zero attached hydrogens (tertiary/aromatic N) is 1. The Morgan fingerprint density at radius 1 is 1.38 bits per heavy atom. The number of benzene rings is 1. The minimum atomic E-state index is -1.09. The summed E-state index contributed by atoms with van der Waals surface area (Å²) in [6, 6.07) is 5.85. The lowest BCUT2D eigenvalue weighted by molar-refractivity contribution is -0.137. The summed E-state index contributed by atoms with van der Waals surface area (Å²) in [5, 5.41) is 9.50. The van der Waals surface area contributed by atoms with E-state index in [1.165, 1.54) is 35.5 Å². The fourth-order valence-corrected chi connectivity index (χ4v) is 2.90. The van der Waals surface area contributed by atoms with E-state index >= 15 is 0 Å². The van der Waals surface area contributed by atoms with Crippen molar-refractivity contribution in [3.05, 3.63) is 35.0 Å². The van der Waals surface area contributed by atoms with Gasteiger partial charge in [0.25, 0.3) is 5.91 Å². The summed E-state index contributed by atoms with van der Waals surface area (Å²) in [5.74, 6) is -1.86. The number of hydrogen-bond acceptors (Lipinski definition) is 4. The van der Waals surface area contributed by atoms with Gasteiger partial charge in [-0.3, -0.25) is 9.59 Å². The average Bonchev–Trinajstić information content (AvgIpc) is 2.85. The number of aliphatic carboxylic acids is 1. The van der Waals surface area contributed by atoms with E-state index in [0.29, 0.717) is 10.3 Å². The molecule has 0 saturated carbocycles. The molecule has 2 rings (SSSR count). The van der Waals surface area contributed by atoms with E-state index in [9.17, 15) is 14.0 Å². The van der Waals surface area contributed by atoms with Crippen molar-refractivity contribution in [2.75, 3.05) is 26.8 Å². The third-order valence-corrected chi connectivity index (χ3v) is 3.97. The smallest absolute Gasteiger partial charge is 0.323 e. The molecule has 5 nitrogen and oxygen atoms in total. The van der Waals surface area contributed by atoms with Gasteiger partial charge >= 0.3 is 5.97 Å². The molecule has 21 heavy (non-hydrogen) atoms. The summed E-state index contributed by atoms with van der Waals surface area (Å²) in [7, 11) is 1.48. The van der Waals surface area contributed by atoms with Gasteiger partial charge in [-0.1, -0.05) is 0 Å². The summed E-state index contributed by atoms with van der Waals surface area (Å²) in [5.41, 5.74) is 0. The predicted octanol–water partition coefficient (Wildman–Crippen LogP) is 2.21. The molecule has 0 atom stereocenters. The van der Waals surface area contributed by atoms with Crippen LogP contribution in [0, 0.1) is 5.82 Å². The van der Waals surface area contributed by atoms with Crippen molar-refractivity contribution >= 4 is 33.3 Å². The van der Waals surface area contributed by atoms with Crippen LogP contribution >= 0.6 is 11.3 Å². The first-order valence-corrected chi connectivity index (χ1v) is 7.02. The molecule has 0 fully saturated rings. The molecule has 0 aliphatic rings. The Balaban J connectivity index is 2.26. The number of hydrogen-bond donors (Lipinski definition) is 1. The van der Waals surface area contributed by atoms with E-state index in [0.717, 1.165) is 4.70 Å². The van der Waals surface area contributed by atoms with Crippen molar-refractivity contribution in [1.82, 2.24) is 4.90 Å². The van der Waals surface area contributed by atoms with Crippen LogP contribution in [-0.2, 0) is 9.53 Å². The van der Waals surface area contributed by atoms with Gasteiger partial charge in [0, 0.05) is 18.4 Å². The monoisotopic (exact) mass is 311 g/mol. The van der Waals surface area contributed by atoms with Crippen LogP contribution in [0.5, 0.6) is 0 Å². The number of methoxy groups -OCH3 is 1. The van der Waals surface area contributed by atoms with Gasteiger partial charge in [-0.25, -0.2) is 4.39 Å². The molecule has 1 heterocycles. The molecule has 0 aliphatic heterocycles. The number of carboxylic acids is 1. The Hall–Kier alpha value is -1.99. The highest BCUT2D eigenvalue weighted by Crippen LogP contribution is 2.27. The molecular weight excluding hydrogens is 297 g/mol. The van der Waals surface area contributed by atoms with Crippen molar-refractivity contribution < 1.29 is 23.8 Å². The molecular formula is C14H14FNO4S. The van der Waals surface area contributed by atoms with Crippen LogP contribution in [0.2, 0.25) is 0 Å². The van der Waals surface area contributed by atoms with Gasteiger partial charge in [0.2, 0.25) is 0 Å². The standard InChI is InChI=1S/C14H14FNO4S/c1-20-5-4-16(8-13(17)18)14(19)12-7-9-6-10(15)2-3-11(9)21-12/h2-3,6-7H,4-5,8H2,1H3,(H,17,18). The van der Waals surface area contributed by atoms with Gasteiger partial charge in [-0.15, -0.1) is 11.3 Å². The quantitative estimate of drug-likeness (QED) is 0.888. The fourth-order valence-electron chi connectivity index (χ4n) is 1.89. The normalized spacial score (nSPS) is 10.8. The zero-order valence-corrected chi connectivity index (χ0v) is 12.2. The summed E-state index contributed by atoms with van der Waals surface area (Å²) >= 11 is 1.21. The summed E-state index contributed by atoms with van der Waals surface area (Å²) in [4.78, 5) is 24.8. The van der Waals surface area contributed by atoms with E-state index in [1.807, 2.05) is 0 Å². The summed E-state index contributed by atoms with van der Waals surface area (Å²) in [6.07, 6.45) is 0. The fraction of sp³-hybridized carbons (Fsp3) is 0.286. The topological polar surface area (TPSA) is 66.8 Å². The van der Waals surface area contributed by atoms with Crippen molar-refractivity contribution in [2.24, 2.45) is 0 Å². The number of carbonyl (C=O) groups is 2. The lowest BCUT2D eigenvalue weighted by atomic mass is 10.2. The number of carboxylic acid groups (broad SMARTS) is 1. The van der Waals surface area contributed by atoms with Crippen molar-refractivity contribution in [2.45, 2.75) is 0 Å². The SMILES string of the molecule is COCCN(CC(=O)O)C(=O)c1cc2cc(F)ccc2s1. The maximum absolute atomic E-state index is 13.2. The second kappa shape index (κ2) is 6.64. The number of thiophene rings is 1. The van der Waals surface area contributed by atoms with Crippen LogP contribution in [0.4, 0.5) is 4.39 Å². The molecule has 0 spiro atoms. The first kappa shape index (κ1) is 15.4. The van der Waals surface area contributed by atoms with E-state index in [1.54, 1.807) is 12.1 Å². The van der Waals surface area contributed by atoms with Crippen LogP contribution in [-0.4, -0.2) is 48.7 Å². The van der Waals surface area contributed by atoms with Crippen LogP contribution in [0.3, 0.4) is 0 Å². The zero-order chi connectivity index (χ0) is 15.4. The molecule has 1 aromatic heterocycles. The first-order valence-electron chi connectivity index (χ1n) is 6.20. The van der Waals surface area contributed by atoms with E-state index in [4.69, 9.17) is 9.84 Å². The third-order valence-electron chi connectivity index (χ3n) is 2.87. The largest absolute Gasteiger partial charge is 0.480 e. The number of rotatable bonds is 6. The number of fused-ring (bicyclic) bond motifs is 1. The van der Waals surface area contributed by atoms with E-state index < -0.39 is 18.4 Å². The molecule has 0 unspecified atom stereocenters. The van der Waals surface area contributed by atoms with Crippen LogP contribution in [0.25, 0.3) is 10.1 Å². The highest BCUT2D eigenvalue weighted by atomic mass is 32.1. The molecule has 0 saturated heterocycles.